The Morgan fingerprint density at radius 1 is 1.15 bits per heavy atom. The van der Waals surface area contributed by atoms with E-state index in [4.69, 9.17) is 0 Å². The summed E-state index contributed by atoms with van der Waals surface area (Å²) in [5.74, 6) is -1.02. The Morgan fingerprint density at radius 2 is 1.80 bits per heavy atom. The average molecular weight is 281 g/mol. The number of esters is 1. The topological polar surface area (TPSA) is 39.2 Å². The predicted molar refractivity (Wildman–Crippen MR) is 66.0 cm³/mol. The number of alkyl halides is 3. The van der Waals surface area contributed by atoms with E-state index in [9.17, 15) is 18.0 Å². The highest BCUT2D eigenvalue weighted by atomic mass is 19.4. The van der Waals surface area contributed by atoms with Crippen molar-refractivity contribution in [3.05, 3.63) is 53.9 Å². The largest absolute Gasteiger partial charge is 0.465 e. The Kier molecular flexibility index (Phi) is 3.74. The third-order valence-electron chi connectivity index (χ3n) is 2.75. The Morgan fingerprint density at radius 3 is 2.35 bits per heavy atom. The van der Waals surface area contributed by atoms with Crippen LogP contribution in [0.1, 0.15) is 15.9 Å². The van der Waals surface area contributed by atoms with Gasteiger partial charge in [0.2, 0.25) is 0 Å². The molecule has 0 radical (unpaired) electrons. The second-order valence-electron chi connectivity index (χ2n) is 3.95. The summed E-state index contributed by atoms with van der Waals surface area (Å²) >= 11 is 0. The van der Waals surface area contributed by atoms with Crippen molar-refractivity contribution in [2.45, 2.75) is 6.18 Å². The molecule has 20 heavy (non-hydrogen) atoms. The normalized spacial score (nSPS) is 11.2. The molecule has 0 N–H and O–H groups in total. The molecule has 0 unspecified atom stereocenters. The van der Waals surface area contributed by atoms with E-state index in [1.165, 1.54) is 36.7 Å². The van der Waals surface area contributed by atoms with Crippen LogP contribution in [0.2, 0.25) is 0 Å². The first kappa shape index (κ1) is 14.0. The third kappa shape index (κ3) is 2.64. The van der Waals surface area contributed by atoms with Gasteiger partial charge in [-0.05, 0) is 29.3 Å². The third-order valence-corrected chi connectivity index (χ3v) is 2.75. The first-order valence-electron chi connectivity index (χ1n) is 5.64. The maximum Gasteiger partial charge on any atom is 0.417 e. The van der Waals surface area contributed by atoms with Crippen LogP contribution >= 0.6 is 0 Å². The molecule has 0 atom stereocenters. The molecule has 104 valence electrons. The van der Waals surface area contributed by atoms with Crippen molar-refractivity contribution in [1.82, 2.24) is 4.98 Å². The molecule has 0 saturated carbocycles. The number of rotatable bonds is 2. The van der Waals surface area contributed by atoms with Crippen LogP contribution in [0.25, 0.3) is 11.1 Å². The van der Waals surface area contributed by atoms with E-state index in [0.717, 1.165) is 13.2 Å². The molecule has 2 rings (SSSR count). The van der Waals surface area contributed by atoms with E-state index in [1.54, 1.807) is 0 Å². The quantitative estimate of drug-likeness (QED) is 0.790. The summed E-state index contributed by atoms with van der Waals surface area (Å²) in [7, 11) is 1.05. The second-order valence-corrected chi connectivity index (χ2v) is 3.95. The fourth-order valence-corrected chi connectivity index (χ4v) is 1.88. The number of carbonyl (C=O) groups excluding carboxylic acids is 1. The summed E-state index contributed by atoms with van der Waals surface area (Å²) in [4.78, 5) is 15.5. The van der Waals surface area contributed by atoms with Gasteiger partial charge >= 0.3 is 12.1 Å². The number of ether oxygens (including phenoxy) is 1. The van der Waals surface area contributed by atoms with Crippen molar-refractivity contribution in [1.29, 1.82) is 0 Å². The van der Waals surface area contributed by atoms with Gasteiger partial charge < -0.3 is 4.74 Å². The highest BCUT2D eigenvalue weighted by Crippen LogP contribution is 2.36. The monoisotopic (exact) mass is 281 g/mol. The smallest absolute Gasteiger partial charge is 0.417 e. The lowest BCUT2D eigenvalue weighted by Gasteiger charge is -2.15. The van der Waals surface area contributed by atoms with E-state index < -0.39 is 23.3 Å². The van der Waals surface area contributed by atoms with Crippen LogP contribution in [0.15, 0.2) is 42.7 Å². The van der Waals surface area contributed by atoms with Crippen LogP contribution in [0.5, 0.6) is 0 Å². The van der Waals surface area contributed by atoms with Gasteiger partial charge in [0.1, 0.15) is 0 Å². The summed E-state index contributed by atoms with van der Waals surface area (Å²) in [6.07, 6.45) is -1.75. The van der Waals surface area contributed by atoms with Gasteiger partial charge in [-0.25, -0.2) is 4.79 Å². The summed E-state index contributed by atoms with van der Waals surface area (Å²) in [6.45, 7) is 0. The lowest BCUT2D eigenvalue weighted by molar-refractivity contribution is -0.138. The van der Waals surface area contributed by atoms with E-state index in [2.05, 4.69) is 9.72 Å². The van der Waals surface area contributed by atoms with Gasteiger partial charge in [-0.3, -0.25) is 4.98 Å². The van der Waals surface area contributed by atoms with Gasteiger partial charge in [-0.15, -0.1) is 0 Å². The van der Waals surface area contributed by atoms with Crippen molar-refractivity contribution >= 4 is 5.97 Å². The van der Waals surface area contributed by atoms with Crippen molar-refractivity contribution in [3.8, 4) is 11.1 Å². The average Bonchev–Trinajstić information content (AvgIpc) is 2.45. The molecule has 0 bridgehead atoms. The maximum absolute atomic E-state index is 13.0. The molecule has 0 saturated heterocycles. The summed E-state index contributed by atoms with van der Waals surface area (Å²) < 4.78 is 43.5. The molecule has 0 aliphatic heterocycles. The molecule has 0 amide bonds. The molecular formula is C14H10F3NO2. The molecule has 0 aliphatic carbocycles. The fourth-order valence-electron chi connectivity index (χ4n) is 1.88. The standard InChI is InChI=1S/C14H10F3NO2/c1-20-13(19)12-10(9-5-7-18-8-6-9)3-2-4-11(12)14(15,16)17/h2-8H,1H3. The SMILES string of the molecule is COC(=O)c1c(-c2ccncc2)cccc1C(F)(F)F. The first-order valence-corrected chi connectivity index (χ1v) is 5.64. The number of methoxy groups -OCH3 is 1. The van der Waals surface area contributed by atoms with Crippen molar-refractivity contribution in [2.24, 2.45) is 0 Å². The number of aromatic nitrogens is 1. The lowest BCUT2D eigenvalue weighted by atomic mass is 9.95. The molecule has 1 aromatic heterocycles. The number of pyridine rings is 1. The highest BCUT2D eigenvalue weighted by molar-refractivity contribution is 5.99. The Hall–Kier alpha value is -2.37. The van der Waals surface area contributed by atoms with Crippen molar-refractivity contribution in [2.75, 3.05) is 7.11 Å². The Labute approximate surface area is 113 Å². The zero-order chi connectivity index (χ0) is 14.8. The molecule has 0 aliphatic rings. The summed E-state index contributed by atoms with van der Waals surface area (Å²) in [5.41, 5.74) is -0.882. The molecule has 0 spiro atoms. The number of hydrogen-bond acceptors (Lipinski definition) is 3. The minimum atomic E-state index is -4.63. The molecule has 1 aromatic carbocycles. The van der Waals surface area contributed by atoms with Gasteiger partial charge in [0.15, 0.2) is 0 Å². The van der Waals surface area contributed by atoms with E-state index in [-0.39, 0.29) is 5.56 Å². The molecule has 2 aromatic rings. The molecule has 3 nitrogen and oxygen atoms in total. The van der Waals surface area contributed by atoms with E-state index in [0.29, 0.717) is 5.56 Å². The highest BCUT2D eigenvalue weighted by Gasteiger charge is 2.36. The van der Waals surface area contributed by atoms with Crippen LogP contribution in [0, 0.1) is 0 Å². The number of nitrogens with zero attached hydrogens (tertiary/aromatic N) is 1. The van der Waals surface area contributed by atoms with Crippen molar-refractivity contribution in [3.63, 3.8) is 0 Å². The van der Waals surface area contributed by atoms with Gasteiger partial charge in [-0.1, -0.05) is 12.1 Å². The fraction of sp³-hybridized carbons (Fsp3) is 0.143. The van der Waals surface area contributed by atoms with Crippen molar-refractivity contribution < 1.29 is 22.7 Å². The van der Waals surface area contributed by atoms with Crippen LogP contribution in [0.3, 0.4) is 0 Å². The number of benzene rings is 1. The number of carbonyl (C=O) groups is 1. The van der Waals surface area contributed by atoms with Crippen LogP contribution in [-0.4, -0.2) is 18.1 Å². The predicted octanol–water partition coefficient (Wildman–Crippen LogP) is 3.55. The lowest BCUT2D eigenvalue weighted by Crippen LogP contribution is -2.15. The molecular weight excluding hydrogens is 271 g/mol. The Balaban J connectivity index is 2.73. The summed E-state index contributed by atoms with van der Waals surface area (Å²) in [5, 5.41) is 0. The zero-order valence-electron chi connectivity index (χ0n) is 10.4. The Bertz CT molecular complexity index is 624. The molecule has 0 fully saturated rings. The van der Waals surface area contributed by atoms with E-state index in [1.807, 2.05) is 0 Å². The van der Waals surface area contributed by atoms with Gasteiger partial charge in [-0.2, -0.15) is 13.2 Å². The van der Waals surface area contributed by atoms with Gasteiger partial charge in [0, 0.05) is 12.4 Å². The minimum Gasteiger partial charge on any atom is -0.465 e. The number of halogens is 3. The summed E-state index contributed by atoms with van der Waals surface area (Å²) in [6, 6.07) is 6.61. The van der Waals surface area contributed by atoms with Crippen LogP contribution in [-0.2, 0) is 10.9 Å². The van der Waals surface area contributed by atoms with Gasteiger partial charge in [0.25, 0.3) is 0 Å². The van der Waals surface area contributed by atoms with Crippen LogP contribution < -0.4 is 0 Å². The zero-order valence-corrected chi connectivity index (χ0v) is 10.4. The van der Waals surface area contributed by atoms with Gasteiger partial charge in [0.05, 0.1) is 18.2 Å². The maximum atomic E-state index is 13.0. The number of hydrogen-bond donors (Lipinski definition) is 0. The molecule has 1 heterocycles. The second kappa shape index (κ2) is 5.32. The first-order chi connectivity index (χ1) is 9.45. The minimum absolute atomic E-state index is 0.161. The molecule has 6 heteroatoms. The van der Waals surface area contributed by atoms with Crippen LogP contribution in [0.4, 0.5) is 13.2 Å². The van der Waals surface area contributed by atoms with E-state index >= 15 is 0 Å².